The molecule has 0 aromatic heterocycles. The Hall–Kier alpha value is -1.04. The van der Waals surface area contributed by atoms with E-state index in [1.807, 2.05) is 0 Å². The number of benzene rings is 1. The lowest BCUT2D eigenvalue weighted by Crippen LogP contribution is -2.34. The highest BCUT2D eigenvalue weighted by Gasteiger charge is 2.22. The first-order valence-electron chi connectivity index (χ1n) is 5.52. The average molecular weight is 243 g/mol. The monoisotopic (exact) mass is 243 g/mol. The molecule has 0 aliphatic carbocycles. The molecule has 0 radical (unpaired) electrons. The first-order chi connectivity index (χ1) is 8.24. The fraction of sp³-hybridized carbons (Fsp3) is 0.500. The third-order valence-electron chi connectivity index (χ3n) is 2.78. The van der Waals surface area contributed by atoms with Gasteiger partial charge in [-0.15, -0.1) is 0 Å². The second-order valence-electron chi connectivity index (χ2n) is 3.93. The topological polar surface area (TPSA) is 30.5 Å². The van der Waals surface area contributed by atoms with Crippen LogP contribution in [0.15, 0.2) is 12.1 Å². The van der Waals surface area contributed by atoms with Crippen LogP contribution in [-0.4, -0.2) is 26.8 Å². The zero-order valence-electron chi connectivity index (χ0n) is 9.63. The van der Waals surface area contributed by atoms with E-state index in [1.54, 1.807) is 0 Å². The molecule has 0 bridgehead atoms. The van der Waals surface area contributed by atoms with Crippen LogP contribution in [-0.2, 0) is 16.1 Å². The third-order valence-corrected chi connectivity index (χ3v) is 2.78. The minimum absolute atomic E-state index is 0.0424. The van der Waals surface area contributed by atoms with Gasteiger partial charge >= 0.3 is 0 Å². The van der Waals surface area contributed by atoms with Crippen LogP contribution in [0.3, 0.4) is 0 Å². The van der Waals surface area contributed by atoms with Crippen LogP contribution in [0.2, 0.25) is 0 Å². The van der Waals surface area contributed by atoms with Crippen molar-refractivity contribution in [3.05, 3.63) is 34.9 Å². The van der Waals surface area contributed by atoms with E-state index in [0.717, 1.165) is 6.54 Å². The molecule has 1 heterocycles. The fourth-order valence-corrected chi connectivity index (χ4v) is 1.91. The molecule has 17 heavy (non-hydrogen) atoms. The molecule has 1 saturated heterocycles. The number of ether oxygens (including phenoxy) is 2. The third kappa shape index (κ3) is 2.62. The van der Waals surface area contributed by atoms with Gasteiger partial charge < -0.3 is 14.8 Å². The maximum absolute atomic E-state index is 14.1. The Morgan fingerprint density at radius 2 is 2.29 bits per heavy atom. The molecule has 1 N–H and O–H groups in total. The Morgan fingerprint density at radius 3 is 2.94 bits per heavy atom. The van der Waals surface area contributed by atoms with E-state index in [4.69, 9.17) is 9.47 Å². The fourth-order valence-electron chi connectivity index (χ4n) is 1.91. The SMILES string of the molecule is COCc1c(F)ccc(C2CNCCO2)c1F. The van der Waals surface area contributed by atoms with E-state index in [-0.39, 0.29) is 18.3 Å². The molecule has 94 valence electrons. The Kier molecular flexibility index (Phi) is 4.04. The second kappa shape index (κ2) is 5.53. The summed E-state index contributed by atoms with van der Waals surface area (Å²) in [4.78, 5) is 0. The van der Waals surface area contributed by atoms with Gasteiger partial charge in [0, 0.05) is 31.3 Å². The summed E-state index contributed by atoms with van der Waals surface area (Å²) >= 11 is 0. The molecule has 1 aromatic rings. The lowest BCUT2D eigenvalue weighted by molar-refractivity contribution is 0.0251. The molecule has 1 aliphatic heterocycles. The number of hydrogen-bond acceptors (Lipinski definition) is 3. The highest BCUT2D eigenvalue weighted by Crippen LogP contribution is 2.26. The van der Waals surface area contributed by atoms with Crippen molar-refractivity contribution in [2.24, 2.45) is 0 Å². The van der Waals surface area contributed by atoms with E-state index in [0.29, 0.717) is 18.7 Å². The molecule has 5 heteroatoms. The van der Waals surface area contributed by atoms with Gasteiger partial charge in [0.25, 0.3) is 0 Å². The molecule has 1 unspecified atom stereocenters. The summed E-state index contributed by atoms with van der Waals surface area (Å²) in [5.41, 5.74) is 0.338. The normalized spacial score (nSPS) is 20.5. The summed E-state index contributed by atoms with van der Waals surface area (Å²) in [7, 11) is 1.41. The van der Waals surface area contributed by atoms with Gasteiger partial charge in [-0.3, -0.25) is 0 Å². The van der Waals surface area contributed by atoms with Gasteiger partial charge in [-0.2, -0.15) is 0 Å². The maximum Gasteiger partial charge on any atom is 0.137 e. The molecule has 0 amide bonds. The van der Waals surface area contributed by atoms with Crippen molar-refractivity contribution in [1.82, 2.24) is 5.32 Å². The number of halogens is 2. The Balaban J connectivity index is 2.30. The van der Waals surface area contributed by atoms with Crippen molar-refractivity contribution in [3.63, 3.8) is 0 Å². The van der Waals surface area contributed by atoms with Crippen LogP contribution < -0.4 is 5.32 Å². The molecule has 1 atom stereocenters. The summed E-state index contributed by atoms with van der Waals surface area (Å²) in [6.07, 6.45) is -0.361. The number of nitrogens with one attached hydrogen (secondary N) is 1. The van der Waals surface area contributed by atoms with Gasteiger partial charge in [0.1, 0.15) is 11.6 Å². The predicted molar refractivity (Wildman–Crippen MR) is 58.6 cm³/mol. The van der Waals surface area contributed by atoms with E-state index < -0.39 is 11.6 Å². The number of rotatable bonds is 3. The molecule has 3 nitrogen and oxygen atoms in total. The van der Waals surface area contributed by atoms with Crippen molar-refractivity contribution in [2.45, 2.75) is 12.7 Å². The molecule has 1 aliphatic rings. The average Bonchev–Trinajstić information content (AvgIpc) is 2.36. The number of hydrogen-bond donors (Lipinski definition) is 1. The van der Waals surface area contributed by atoms with Crippen LogP contribution in [0.1, 0.15) is 17.2 Å². The first kappa shape index (κ1) is 12.4. The predicted octanol–water partition coefficient (Wildman–Crippen LogP) is 1.77. The van der Waals surface area contributed by atoms with E-state index in [2.05, 4.69) is 5.32 Å². The van der Waals surface area contributed by atoms with Crippen molar-refractivity contribution in [3.8, 4) is 0 Å². The lowest BCUT2D eigenvalue weighted by atomic mass is 10.0. The maximum atomic E-state index is 14.1. The largest absolute Gasteiger partial charge is 0.380 e. The number of morpholine rings is 1. The van der Waals surface area contributed by atoms with Crippen molar-refractivity contribution >= 4 is 0 Å². The molecular weight excluding hydrogens is 228 g/mol. The van der Waals surface area contributed by atoms with Gasteiger partial charge in [0.15, 0.2) is 0 Å². The van der Waals surface area contributed by atoms with Crippen molar-refractivity contribution < 1.29 is 18.3 Å². The van der Waals surface area contributed by atoms with Crippen LogP contribution >= 0.6 is 0 Å². The van der Waals surface area contributed by atoms with Gasteiger partial charge in [-0.05, 0) is 6.07 Å². The van der Waals surface area contributed by atoms with Crippen molar-refractivity contribution in [1.29, 1.82) is 0 Å². The Bertz CT molecular complexity index is 392. The minimum Gasteiger partial charge on any atom is -0.380 e. The van der Waals surface area contributed by atoms with Gasteiger partial charge in [-0.25, -0.2) is 8.78 Å². The highest BCUT2D eigenvalue weighted by molar-refractivity contribution is 5.29. The van der Waals surface area contributed by atoms with Gasteiger partial charge in [0.05, 0.1) is 19.3 Å². The van der Waals surface area contributed by atoms with E-state index in [9.17, 15) is 8.78 Å². The van der Waals surface area contributed by atoms with E-state index in [1.165, 1.54) is 19.2 Å². The molecule has 2 rings (SSSR count). The van der Waals surface area contributed by atoms with Crippen LogP contribution in [0.4, 0.5) is 8.78 Å². The molecule has 0 saturated carbocycles. The van der Waals surface area contributed by atoms with Gasteiger partial charge in [0.2, 0.25) is 0 Å². The molecule has 1 fully saturated rings. The van der Waals surface area contributed by atoms with Crippen molar-refractivity contribution in [2.75, 3.05) is 26.8 Å². The standard InChI is InChI=1S/C12H15F2NO2/c1-16-7-9-10(13)3-2-8(12(9)14)11-6-15-4-5-17-11/h2-3,11,15H,4-7H2,1H3. The molecule has 1 aromatic carbocycles. The second-order valence-corrected chi connectivity index (χ2v) is 3.93. The summed E-state index contributed by atoms with van der Waals surface area (Å²) in [5, 5.41) is 3.11. The molecular formula is C12H15F2NO2. The summed E-state index contributed by atoms with van der Waals surface area (Å²) < 4.78 is 37.7. The smallest absolute Gasteiger partial charge is 0.137 e. The quantitative estimate of drug-likeness (QED) is 0.877. The first-order valence-corrected chi connectivity index (χ1v) is 5.52. The Morgan fingerprint density at radius 1 is 1.47 bits per heavy atom. The Labute approximate surface area is 98.7 Å². The van der Waals surface area contributed by atoms with Gasteiger partial charge in [-0.1, -0.05) is 6.07 Å². The highest BCUT2D eigenvalue weighted by atomic mass is 19.1. The summed E-state index contributed by atoms with van der Waals surface area (Å²) in [5.74, 6) is -1.16. The zero-order valence-corrected chi connectivity index (χ0v) is 9.63. The molecule has 0 spiro atoms. The minimum atomic E-state index is -0.586. The van der Waals surface area contributed by atoms with Crippen LogP contribution in [0, 0.1) is 11.6 Å². The summed E-state index contributed by atoms with van der Waals surface area (Å²) in [6.45, 7) is 1.74. The lowest BCUT2D eigenvalue weighted by Gasteiger charge is -2.25. The number of methoxy groups -OCH3 is 1. The zero-order chi connectivity index (χ0) is 12.3. The van der Waals surface area contributed by atoms with Crippen LogP contribution in [0.5, 0.6) is 0 Å². The van der Waals surface area contributed by atoms with E-state index >= 15 is 0 Å². The summed E-state index contributed by atoms with van der Waals surface area (Å²) in [6, 6.07) is 2.69. The van der Waals surface area contributed by atoms with Crippen LogP contribution in [0.25, 0.3) is 0 Å².